The van der Waals surface area contributed by atoms with Crippen LogP contribution < -0.4 is 20.3 Å². The third kappa shape index (κ3) is 8.12. The highest BCUT2D eigenvalue weighted by Crippen LogP contribution is 2.14. The van der Waals surface area contributed by atoms with E-state index in [4.69, 9.17) is 4.74 Å². The lowest BCUT2D eigenvalue weighted by Gasteiger charge is -2.10. The Balaban J connectivity index is 1.85. The van der Waals surface area contributed by atoms with Crippen LogP contribution in [0.1, 0.15) is 53.3 Å². The molecule has 3 N–H and O–H groups in total. The van der Waals surface area contributed by atoms with Crippen molar-refractivity contribution < 1.29 is 22.7 Å². The van der Waals surface area contributed by atoms with E-state index >= 15 is 0 Å². The Hall–Kier alpha value is -3.07. The summed E-state index contributed by atoms with van der Waals surface area (Å²) >= 11 is 0. The molecule has 0 aromatic heterocycles. The molecule has 2 rings (SSSR count). The lowest BCUT2D eigenvalue weighted by molar-refractivity contribution is 0.0846. The van der Waals surface area contributed by atoms with Gasteiger partial charge in [-0.15, -0.1) is 0 Å². The molecule has 0 bridgehead atoms. The molecule has 0 saturated heterocycles. The summed E-state index contributed by atoms with van der Waals surface area (Å²) in [6.45, 7) is 2.79. The predicted molar refractivity (Wildman–Crippen MR) is 116 cm³/mol. The fourth-order valence-electron chi connectivity index (χ4n) is 2.62. The van der Waals surface area contributed by atoms with Gasteiger partial charge in [-0.2, -0.15) is 0 Å². The third-order valence-corrected chi connectivity index (χ3v) is 4.71. The zero-order valence-electron chi connectivity index (χ0n) is 17.1. The molecule has 9 heteroatoms. The van der Waals surface area contributed by atoms with E-state index in [0.29, 0.717) is 17.9 Å². The van der Waals surface area contributed by atoms with Gasteiger partial charge in [0.25, 0.3) is 11.8 Å². The number of sulfonamides is 1. The Morgan fingerprint density at radius 3 is 2.20 bits per heavy atom. The van der Waals surface area contributed by atoms with Crippen molar-refractivity contribution in [3.63, 3.8) is 0 Å². The van der Waals surface area contributed by atoms with Gasteiger partial charge in [-0.3, -0.25) is 25.2 Å². The summed E-state index contributed by atoms with van der Waals surface area (Å²) in [6, 6.07) is 12.6. The van der Waals surface area contributed by atoms with E-state index < -0.39 is 21.8 Å². The Kier molecular flexibility index (Phi) is 8.67. The monoisotopic (exact) mass is 433 g/mol. The number of unbranched alkanes of at least 4 members (excludes halogenated alkanes) is 3. The highest BCUT2D eigenvalue weighted by atomic mass is 32.2. The molecule has 0 saturated carbocycles. The number of benzene rings is 2. The minimum absolute atomic E-state index is 0.191. The van der Waals surface area contributed by atoms with Gasteiger partial charge < -0.3 is 4.74 Å². The molecule has 0 heterocycles. The first-order valence-corrected chi connectivity index (χ1v) is 11.6. The SMILES string of the molecule is CCCCCCOc1ccc(C(=O)NNC(=O)c2cccc(NS(C)(=O)=O)c2)cc1. The number of anilines is 1. The molecule has 0 fully saturated rings. The highest BCUT2D eigenvalue weighted by Gasteiger charge is 2.11. The number of carbonyl (C=O) groups excluding carboxylic acids is 2. The Bertz CT molecular complexity index is 959. The molecule has 2 aromatic carbocycles. The molecule has 162 valence electrons. The van der Waals surface area contributed by atoms with Crippen LogP contribution in [-0.2, 0) is 10.0 Å². The number of hydrazine groups is 1. The van der Waals surface area contributed by atoms with Crippen molar-refractivity contribution in [3.8, 4) is 5.75 Å². The zero-order valence-corrected chi connectivity index (χ0v) is 17.9. The van der Waals surface area contributed by atoms with Crippen LogP contribution in [0.25, 0.3) is 0 Å². The van der Waals surface area contributed by atoms with Crippen LogP contribution in [0.15, 0.2) is 48.5 Å². The molecule has 2 amide bonds. The number of carbonyl (C=O) groups is 2. The number of hydrogen-bond donors (Lipinski definition) is 3. The molecule has 0 unspecified atom stereocenters. The van der Waals surface area contributed by atoms with Gasteiger partial charge in [-0.1, -0.05) is 32.3 Å². The molecule has 0 spiro atoms. The average Bonchev–Trinajstić information content (AvgIpc) is 2.71. The fourth-order valence-corrected chi connectivity index (χ4v) is 3.17. The fraction of sp³-hybridized carbons (Fsp3) is 0.333. The van der Waals surface area contributed by atoms with E-state index in [2.05, 4.69) is 22.5 Å². The lowest BCUT2D eigenvalue weighted by atomic mass is 10.2. The molecule has 2 aromatic rings. The van der Waals surface area contributed by atoms with Gasteiger partial charge in [0.15, 0.2) is 0 Å². The maximum absolute atomic E-state index is 12.2. The van der Waals surface area contributed by atoms with Crippen molar-refractivity contribution in [3.05, 3.63) is 59.7 Å². The van der Waals surface area contributed by atoms with Gasteiger partial charge in [0.2, 0.25) is 10.0 Å². The van der Waals surface area contributed by atoms with Crippen molar-refractivity contribution in [2.45, 2.75) is 32.6 Å². The van der Waals surface area contributed by atoms with E-state index in [1.807, 2.05) is 0 Å². The maximum atomic E-state index is 12.2. The second-order valence-corrected chi connectivity index (χ2v) is 8.55. The van der Waals surface area contributed by atoms with Crippen LogP contribution in [-0.4, -0.2) is 33.1 Å². The minimum Gasteiger partial charge on any atom is -0.494 e. The van der Waals surface area contributed by atoms with E-state index in [-0.39, 0.29) is 11.3 Å². The summed E-state index contributed by atoms with van der Waals surface area (Å²) in [7, 11) is -3.46. The molecule has 8 nitrogen and oxygen atoms in total. The largest absolute Gasteiger partial charge is 0.494 e. The van der Waals surface area contributed by atoms with Crippen LogP contribution in [0, 0.1) is 0 Å². The van der Waals surface area contributed by atoms with Crippen molar-refractivity contribution >= 4 is 27.5 Å². The molecule has 30 heavy (non-hydrogen) atoms. The topological polar surface area (TPSA) is 114 Å². The van der Waals surface area contributed by atoms with Crippen LogP contribution in [0.5, 0.6) is 5.75 Å². The van der Waals surface area contributed by atoms with Crippen LogP contribution in [0.3, 0.4) is 0 Å². The van der Waals surface area contributed by atoms with Crippen molar-refractivity contribution in [2.24, 2.45) is 0 Å². The molecule has 0 radical (unpaired) electrons. The standard InChI is InChI=1S/C21H27N3O5S/c1-3-4-5-6-14-29-19-12-10-16(11-13-19)20(25)22-23-21(26)17-8-7-9-18(15-17)24-30(2,27)28/h7-13,15,24H,3-6,14H2,1-2H3,(H,22,25)(H,23,26). The van der Waals surface area contributed by atoms with Crippen molar-refractivity contribution in [1.29, 1.82) is 0 Å². The van der Waals surface area contributed by atoms with Crippen LogP contribution in [0.2, 0.25) is 0 Å². The number of hydrogen-bond acceptors (Lipinski definition) is 5. The first-order chi connectivity index (χ1) is 14.3. The predicted octanol–water partition coefficient (Wildman–Crippen LogP) is 3.09. The quantitative estimate of drug-likeness (QED) is 0.394. The highest BCUT2D eigenvalue weighted by molar-refractivity contribution is 7.92. The van der Waals surface area contributed by atoms with E-state index in [1.54, 1.807) is 24.3 Å². The lowest BCUT2D eigenvalue weighted by Crippen LogP contribution is -2.41. The Labute approximate surface area is 177 Å². The zero-order chi connectivity index (χ0) is 22.0. The van der Waals surface area contributed by atoms with Gasteiger partial charge in [0, 0.05) is 16.8 Å². The molecule has 0 atom stereocenters. The first kappa shape index (κ1) is 23.2. The Morgan fingerprint density at radius 1 is 0.900 bits per heavy atom. The van der Waals surface area contributed by atoms with E-state index in [0.717, 1.165) is 19.1 Å². The minimum atomic E-state index is -3.46. The second-order valence-electron chi connectivity index (χ2n) is 6.80. The summed E-state index contributed by atoms with van der Waals surface area (Å²) in [5, 5.41) is 0. The van der Waals surface area contributed by atoms with Gasteiger partial charge in [-0.25, -0.2) is 8.42 Å². The van der Waals surface area contributed by atoms with Gasteiger partial charge in [0.1, 0.15) is 5.75 Å². The van der Waals surface area contributed by atoms with Crippen LogP contribution in [0.4, 0.5) is 5.69 Å². The van der Waals surface area contributed by atoms with Crippen LogP contribution >= 0.6 is 0 Å². The second kappa shape index (κ2) is 11.2. The normalized spacial score (nSPS) is 10.9. The summed E-state index contributed by atoms with van der Waals surface area (Å²) < 4.78 is 30.5. The van der Waals surface area contributed by atoms with Crippen molar-refractivity contribution in [1.82, 2.24) is 10.9 Å². The third-order valence-electron chi connectivity index (χ3n) is 4.10. The summed E-state index contributed by atoms with van der Waals surface area (Å²) in [5.41, 5.74) is 5.45. The van der Waals surface area contributed by atoms with E-state index in [9.17, 15) is 18.0 Å². The molecule has 0 aliphatic carbocycles. The Morgan fingerprint density at radius 2 is 1.57 bits per heavy atom. The maximum Gasteiger partial charge on any atom is 0.269 e. The molecular formula is C21H27N3O5S. The summed E-state index contributed by atoms with van der Waals surface area (Å²) in [4.78, 5) is 24.4. The molecule has 0 aliphatic rings. The molecular weight excluding hydrogens is 406 g/mol. The number of amides is 2. The van der Waals surface area contributed by atoms with Gasteiger partial charge in [0.05, 0.1) is 12.9 Å². The molecule has 0 aliphatic heterocycles. The van der Waals surface area contributed by atoms with Gasteiger partial charge in [-0.05, 0) is 48.9 Å². The number of ether oxygens (including phenoxy) is 1. The average molecular weight is 434 g/mol. The number of nitrogens with one attached hydrogen (secondary N) is 3. The first-order valence-electron chi connectivity index (χ1n) is 9.70. The summed E-state index contributed by atoms with van der Waals surface area (Å²) in [5.74, 6) is -0.377. The smallest absolute Gasteiger partial charge is 0.269 e. The number of rotatable bonds is 10. The summed E-state index contributed by atoms with van der Waals surface area (Å²) in [6.07, 6.45) is 5.49. The van der Waals surface area contributed by atoms with E-state index in [1.165, 1.54) is 37.1 Å². The van der Waals surface area contributed by atoms with Crippen molar-refractivity contribution in [2.75, 3.05) is 17.6 Å². The van der Waals surface area contributed by atoms with Gasteiger partial charge >= 0.3 is 0 Å².